The molecule has 1 amide bonds. The number of nitrogens with zero attached hydrogens (tertiary/aromatic N) is 1. The van der Waals surface area contributed by atoms with Crippen LogP contribution in [0.15, 0.2) is 36.4 Å². The van der Waals surface area contributed by atoms with E-state index in [4.69, 9.17) is 4.98 Å². The molecule has 2 aromatic carbocycles. The Morgan fingerprint density at radius 3 is 2.70 bits per heavy atom. The maximum absolute atomic E-state index is 12.8. The van der Waals surface area contributed by atoms with Gasteiger partial charge in [0, 0.05) is 18.5 Å². The Morgan fingerprint density at radius 1 is 1.22 bits per heavy atom. The Balaban J connectivity index is 1.49. The van der Waals surface area contributed by atoms with Crippen LogP contribution in [0, 0.1) is 20.8 Å². The van der Waals surface area contributed by atoms with Crippen molar-refractivity contribution >= 4 is 33.1 Å². The van der Waals surface area contributed by atoms with E-state index in [2.05, 4.69) is 56.4 Å². The molecule has 0 saturated carbocycles. The van der Waals surface area contributed by atoms with Crippen LogP contribution in [-0.4, -0.2) is 24.0 Å². The number of carbonyl (C=O) groups is 1. The van der Waals surface area contributed by atoms with Gasteiger partial charge in [-0.25, -0.2) is 4.98 Å². The van der Waals surface area contributed by atoms with Crippen LogP contribution in [0.25, 0.3) is 10.2 Å². The number of aromatic nitrogens is 1. The van der Waals surface area contributed by atoms with Gasteiger partial charge < -0.3 is 10.2 Å². The summed E-state index contributed by atoms with van der Waals surface area (Å²) in [6.45, 7) is 7.72. The number of rotatable bonds is 4. The number of carbonyl (C=O) groups excluding carboxylic acids is 1. The number of aryl methyl sites for hydroxylation is 3. The summed E-state index contributed by atoms with van der Waals surface area (Å²) in [6.07, 6.45) is 2.25. The summed E-state index contributed by atoms with van der Waals surface area (Å²) in [5, 5.41) is 4.32. The van der Waals surface area contributed by atoms with E-state index in [1.807, 2.05) is 6.07 Å². The van der Waals surface area contributed by atoms with Crippen molar-refractivity contribution in [1.29, 1.82) is 0 Å². The molecule has 2 atom stereocenters. The summed E-state index contributed by atoms with van der Waals surface area (Å²) >= 11 is 1.77. The van der Waals surface area contributed by atoms with Gasteiger partial charge in [-0.15, -0.1) is 11.3 Å². The SMILES string of the molecule is Cc1cc(C)c(NC(=O)C[NH+]2CCC[C@@H]2c2nc3ccccc3s2)c(C)c1. The lowest BCUT2D eigenvalue weighted by Gasteiger charge is -2.20. The molecule has 1 fully saturated rings. The highest BCUT2D eigenvalue weighted by atomic mass is 32.1. The monoisotopic (exact) mass is 380 g/mol. The second-order valence-electron chi connectivity index (χ2n) is 7.62. The molecule has 0 radical (unpaired) electrons. The average Bonchev–Trinajstić information content (AvgIpc) is 3.24. The second-order valence-corrected chi connectivity index (χ2v) is 8.68. The standard InChI is InChI=1S/C22H25N3OS/c1-14-11-15(2)21(16(3)12-14)24-20(26)13-25-10-6-8-18(25)22-23-17-7-4-5-9-19(17)27-22/h4-5,7,9,11-12,18H,6,8,10,13H2,1-3H3,(H,24,26)/p+1/t18-/m1/s1. The van der Waals surface area contributed by atoms with Gasteiger partial charge >= 0.3 is 0 Å². The van der Waals surface area contributed by atoms with Gasteiger partial charge in [-0.05, 0) is 44.0 Å². The van der Waals surface area contributed by atoms with Crippen LogP contribution >= 0.6 is 11.3 Å². The van der Waals surface area contributed by atoms with Crippen molar-refractivity contribution in [3.05, 3.63) is 58.1 Å². The molecule has 140 valence electrons. The van der Waals surface area contributed by atoms with Gasteiger partial charge in [-0.1, -0.05) is 29.8 Å². The Hall–Kier alpha value is -2.24. The van der Waals surface area contributed by atoms with Crippen LogP contribution in [0.2, 0.25) is 0 Å². The first-order valence-electron chi connectivity index (χ1n) is 9.59. The molecular weight excluding hydrogens is 354 g/mol. The van der Waals surface area contributed by atoms with Gasteiger partial charge in [0.15, 0.2) is 11.6 Å². The van der Waals surface area contributed by atoms with Crippen LogP contribution in [0.4, 0.5) is 5.69 Å². The van der Waals surface area contributed by atoms with E-state index in [0.29, 0.717) is 12.6 Å². The first kappa shape index (κ1) is 18.1. The van der Waals surface area contributed by atoms with Crippen molar-refractivity contribution in [3.63, 3.8) is 0 Å². The van der Waals surface area contributed by atoms with Crippen molar-refractivity contribution in [2.24, 2.45) is 0 Å². The largest absolute Gasteiger partial charge is 0.321 e. The fourth-order valence-corrected chi connectivity index (χ4v) is 5.39. The van der Waals surface area contributed by atoms with Crippen LogP contribution in [0.1, 0.15) is 40.6 Å². The van der Waals surface area contributed by atoms with Gasteiger partial charge in [0.05, 0.1) is 16.8 Å². The van der Waals surface area contributed by atoms with Gasteiger partial charge in [0.1, 0.15) is 6.04 Å². The van der Waals surface area contributed by atoms with E-state index >= 15 is 0 Å². The maximum atomic E-state index is 12.8. The number of fused-ring (bicyclic) bond motifs is 1. The summed E-state index contributed by atoms with van der Waals surface area (Å²) in [5.74, 6) is 0.0908. The lowest BCUT2D eigenvalue weighted by Crippen LogP contribution is -3.11. The molecule has 3 aromatic rings. The van der Waals surface area contributed by atoms with Crippen molar-refractivity contribution in [1.82, 2.24) is 4.98 Å². The lowest BCUT2D eigenvalue weighted by molar-refractivity contribution is -0.910. The molecular formula is C22H26N3OS+. The second kappa shape index (κ2) is 7.41. The van der Waals surface area contributed by atoms with Crippen LogP contribution in [0.5, 0.6) is 0 Å². The minimum absolute atomic E-state index is 0.0908. The number of anilines is 1. The minimum atomic E-state index is 0.0908. The number of thiazole rings is 1. The highest BCUT2D eigenvalue weighted by molar-refractivity contribution is 7.18. The predicted molar refractivity (Wildman–Crippen MR) is 112 cm³/mol. The molecule has 0 spiro atoms. The average molecular weight is 381 g/mol. The summed E-state index contributed by atoms with van der Waals surface area (Å²) in [7, 11) is 0. The van der Waals surface area contributed by atoms with Crippen LogP contribution in [0.3, 0.4) is 0 Å². The molecule has 4 nitrogen and oxygen atoms in total. The van der Waals surface area contributed by atoms with Gasteiger partial charge in [-0.2, -0.15) is 0 Å². The number of hydrogen-bond donors (Lipinski definition) is 2. The van der Waals surface area contributed by atoms with E-state index in [9.17, 15) is 4.79 Å². The Labute approximate surface area is 164 Å². The van der Waals surface area contributed by atoms with Crippen LogP contribution in [-0.2, 0) is 4.79 Å². The number of nitrogens with one attached hydrogen (secondary N) is 2. The highest BCUT2D eigenvalue weighted by Gasteiger charge is 2.34. The summed E-state index contributed by atoms with van der Waals surface area (Å²) in [5.41, 5.74) is 5.50. The van der Waals surface area contributed by atoms with E-state index in [1.165, 1.54) is 20.2 Å². The third kappa shape index (κ3) is 3.75. The molecule has 1 aromatic heterocycles. The molecule has 2 N–H and O–H groups in total. The predicted octanol–water partition coefficient (Wildman–Crippen LogP) is 3.58. The van der Waals surface area contributed by atoms with Crippen molar-refractivity contribution in [3.8, 4) is 0 Å². The molecule has 2 heterocycles. The minimum Gasteiger partial charge on any atom is -0.321 e. The maximum Gasteiger partial charge on any atom is 0.279 e. The lowest BCUT2D eigenvalue weighted by atomic mass is 10.1. The molecule has 27 heavy (non-hydrogen) atoms. The van der Waals surface area contributed by atoms with Crippen molar-refractivity contribution < 1.29 is 9.69 Å². The number of para-hydroxylation sites is 1. The van der Waals surface area contributed by atoms with Crippen molar-refractivity contribution in [2.75, 3.05) is 18.4 Å². The molecule has 1 saturated heterocycles. The van der Waals surface area contributed by atoms with Gasteiger partial charge in [-0.3, -0.25) is 4.79 Å². The molecule has 0 bridgehead atoms. The molecule has 1 aliphatic rings. The third-order valence-corrected chi connectivity index (χ3v) is 6.57. The van der Waals surface area contributed by atoms with E-state index in [1.54, 1.807) is 11.3 Å². The number of benzene rings is 2. The third-order valence-electron chi connectivity index (χ3n) is 5.42. The van der Waals surface area contributed by atoms with Crippen molar-refractivity contribution in [2.45, 2.75) is 39.7 Å². The fourth-order valence-electron chi connectivity index (χ4n) is 4.23. The first-order chi connectivity index (χ1) is 13.0. The van der Waals surface area contributed by atoms with E-state index < -0.39 is 0 Å². The van der Waals surface area contributed by atoms with E-state index in [-0.39, 0.29) is 5.91 Å². The van der Waals surface area contributed by atoms with Gasteiger partial charge in [0.25, 0.3) is 5.91 Å². The summed E-state index contributed by atoms with van der Waals surface area (Å²) in [6, 6.07) is 12.9. The molecule has 1 unspecified atom stereocenters. The summed E-state index contributed by atoms with van der Waals surface area (Å²) < 4.78 is 1.23. The Bertz CT molecular complexity index is 938. The number of quaternary nitrogens is 1. The topological polar surface area (TPSA) is 46.4 Å². The molecule has 1 aliphatic heterocycles. The fraction of sp³-hybridized carbons (Fsp3) is 0.364. The zero-order valence-electron chi connectivity index (χ0n) is 16.1. The molecule has 4 rings (SSSR count). The number of hydrogen-bond acceptors (Lipinski definition) is 3. The normalized spacial score (nSPS) is 19.5. The zero-order valence-corrected chi connectivity index (χ0v) is 17.0. The highest BCUT2D eigenvalue weighted by Crippen LogP contribution is 2.28. The Kier molecular flexibility index (Phi) is 4.98. The quantitative estimate of drug-likeness (QED) is 0.727. The zero-order chi connectivity index (χ0) is 19.0. The Morgan fingerprint density at radius 2 is 1.96 bits per heavy atom. The number of likely N-dealkylation sites (tertiary alicyclic amines) is 1. The van der Waals surface area contributed by atoms with E-state index in [0.717, 1.165) is 41.7 Å². The summed E-state index contributed by atoms with van der Waals surface area (Å²) in [4.78, 5) is 18.9. The first-order valence-corrected chi connectivity index (χ1v) is 10.4. The van der Waals surface area contributed by atoms with Gasteiger partial charge in [0.2, 0.25) is 0 Å². The smallest absolute Gasteiger partial charge is 0.279 e. The molecule has 5 heteroatoms. The van der Waals surface area contributed by atoms with Crippen LogP contribution < -0.4 is 10.2 Å². The number of amides is 1. The molecule has 0 aliphatic carbocycles.